The van der Waals surface area contributed by atoms with Crippen LogP contribution in [0.25, 0.3) is 0 Å². The van der Waals surface area contributed by atoms with Gasteiger partial charge in [-0.15, -0.1) is 0 Å². The molecule has 22 heavy (non-hydrogen) atoms. The highest BCUT2D eigenvalue weighted by Gasteiger charge is 2.66. The van der Waals surface area contributed by atoms with Crippen LogP contribution in [0, 0.1) is 33.0 Å². The smallest absolute Gasteiger partial charge is 0.333 e. The summed E-state index contributed by atoms with van der Waals surface area (Å²) in [4.78, 5) is 11.8. The van der Waals surface area contributed by atoms with Crippen LogP contribution in [0.1, 0.15) is 52.4 Å². The maximum Gasteiger partial charge on any atom is 0.333 e. The first-order valence-corrected chi connectivity index (χ1v) is 8.03. The summed E-state index contributed by atoms with van der Waals surface area (Å²) in [5.41, 5.74) is 0.0419. The molecule has 4 fully saturated rings. The molecular formula is C18H25NO3. The van der Waals surface area contributed by atoms with Crippen molar-refractivity contribution in [2.24, 2.45) is 21.7 Å². The second kappa shape index (κ2) is 4.58. The number of carbonyl (C=O) groups is 1. The number of carbonyl (C=O) groups excluding carboxylic acids is 1. The number of methoxy groups -OCH3 is 1. The lowest BCUT2D eigenvalue weighted by atomic mass is 9.36. The van der Waals surface area contributed by atoms with Gasteiger partial charge in [0.2, 0.25) is 0 Å². The normalized spacial score (nSPS) is 46.4. The van der Waals surface area contributed by atoms with Crippen molar-refractivity contribution in [1.29, 1.82) is 5.26 Å². The third kappa shape index (κ3) is 2.18. The second-order valence-corrected chi connectivity index (χ2v) is 8.60. The molecule has 0 amide bonds. The quantitative estimate of drug-likeness (QED) is 0.643. The summed E-state index contributed by atoms with van der Waals surface area (Å²) in [6.45, 7) is 4.17. The van der Waals surface area contributed by atoms with Gasteiger partial charge >= 0.3 is 5.97 Å². The van der Waals surface area contributed by atoms with Gasteiger partial charge in [-0.2, -0.15) is 5.26 Å². The van der Waals surface area contributed by atoms with Crippen molar-refractivity contribution in [2.45, 2.75) is 52.4 Å². The van der Waals surface area contributed by atoms with Crippen LogP contribution in [0.15, 0.2) is 11.6 Å². The molecule has 4 atom stereocenters. The van der Waals surface area contributed by atoms with E-state index in [1.807, 2.05) is 6.08 Å². The first-order chi connectivity index (χ1) is 10.2. The molecule has 4 unspecified atom stereocenters. The summed E-state index contributed by atoms with van der Waals surface area (Å²) in [6, 6.07) is 2.58. The highest BCUT2D eigenvalue weighted by Crippen LogP contribution is 2.73. The van der Waals surface area contributed by atoms with Gasteiger partial charge in [0.25, 0.3) is 0 Å². The van der Waals surface area contributed by atoms with Gasteiger partial charge in [-0.25, -0.2) is 4.79 Å². The molecule has 1 N–H and O–H groups in total. The van der Waals surface area contributed by atoms with E-state index in [4.69, 9.17) is 4.74 Å². The largest absolute Gasteiger partial charge is 0.466 e. The predicted octanol–water partition coefficient (Wildman–Crippen LogP) is 2.97. The average Bonchev–Trinajstić information content (AvgIpc) is 2.43. The van der Waals surface area contributed by atoms with E-state index in [0.29, 0.717) is 5.57 Å². The molecule has 0 heterocycles. The zero-order valence-corrected chi connectivity index (χ0v) is 13.7. The number of esters is 1. The van der Waals surface area contributed by atoms with Gasteiger partial charge in [0.05, 0.1) is 18.6 Å². The summed E-state index contributed by atoms with van der Waals surface area (Å²) >= 11 is 0. The number of rotatable bonds is 3. The molecule has 4 aliphatic carbocycles. The molecule has 0 aromatic carbocycles. The Kier molecular flexibility index (Phi) is 3.24. The van der Waals surface area contributed by atoms with Gasteiger partial charge in [0.15, 0.2) is 0 Å². The number of hydrogen-bond donors (Lipinski definition) is 1. The van der Waals surface area contributed by atoms with Crippen LogP contribution in [-0.4, -0.2) is 24.8 Å². The van der Waals surface area contributed by atoms with E-state index in [1.165, 1.54) is 7.11 Å². The van der Waals surface area contributed by atoms with E-state index < -0.39 is 0 Å². The Bertz CT molecular complexity index is 592. The summed E-state index contributed by atoms with van der Waals surface area (Å²) in [7, 11) is 1.40. The van der Waals surface area contributed by atoms with Gasteiger partial charge in [-0.05, 0) is 61.7 Å². The molecule has 0 aromatic heterocycles. The molecule has 0 radical (unpaired) electrons. The van der Waals surface area contributed by atoms with Crippen molar-refractivity contribution in [3.8, 4) is 6.07 Å². The Morgan fingerprint density at radius 2 is 2.00 bits per heavy atom. The number of nitriles is 1. The molecule has 4 nitrogen and oxygen atoms in total. The lowest BCUT2D eigenvalue weighted by Gasteiger charge is -2.67. The maximum absolute atomic E-state index is 11.8. The fourth-order valence-electron chi connectivity index (χ4n) is 6.58. The van der Waals surface area contributed by atoms with Crippen molar-refractivity contribution in [2.75, 3.05) is 13.7 Å². The number of hydrogen-bond acceptors (Lipinski definition) is 4. The van der Waals surface area contributed by atoms with Crippen molar-refractivity contribution in [3.05, 3.63) is 11.6 Å². The summed E-state index contributed by atoms with van der Waals surface area (Å²) in [5, 5.41) is 19.9. The molecule has 0 spiro atoms. The minimum Gasteiger partial charge on any atom is -0.466 e. The third-order valence-electron chi connectivity index (χ3n) is 6.08. The van der Waals surface area contributed by atoms with Gasteiger partial charge in [-0.1, -0.05) is 13.0 Å². The van der Waals surface area contributed by atoms with Crippen LogP contribution in [-0.2, 0) is 9.53 Å². The Morgan fingerprint density at radius 1 is 1.27 bits per heavy atom. The van der Waals surface area contributed by atoms with Crippen molar-refractivity contribution in [3.63, 3.8) is 0 Å². The first kappa shape index (κ1) is 15.6. The molecule has 120 valence electrons. The molecule has 4 heteroatoms. The minimum atomic E-state index is -0.348. The average molecular weight is 303 g/mol. The van der Waals surface area contributed by atoms with Crippen LogP contribution in [0.2, 0.25) is 0 Å². The van der Waals surface area contributed by atoms with E-state index in [1.54, 1.807) is 6.92 Å². The third-order valence-corrected chi connectivity index (χ3v) is 6.08. The molecule has 4 rings (SSSR count). The van der Waals surface area contributed by atoms with E-state index in [2.05, 4.69) is 13.0 Å². The Balaban J connectivity index is 2.06. The van der Waals surface area contributed by atoms with E-state index in [0.717, 1.165) is 38.5 Å². The molecular weight excluding hydrogens is 278 g/mol. The zero-order chi connectivity index (χ0) is 16.2. The van der Waals surface area contributed by atoms with Crippen molar-refractivity contribution >= 4 is 5.97 Å². The van der Waals surface area contributed by atoms with Crippen LogP contribution in [0.3, 0.4) is 0 Å². The van der Waals surface area contributed by atoms with Crippen LogP contribution in [0.5, 0.6) is 0 Å². The zero-order valence-electron chi connectivity index (χ0n) is 13.7. The maximum atomic E-state index is 11.8. The lowest BCUT2D eigenvalue weighted by Crippen LogP contribution is -2.60. The van der Waals surface area contributed by atoms with E-state index in [9.17, 15) is 15.2 Å². The fourth-order valence-corrected chi connectivity index (χ4v) is 6.58. The van der Waals surface area contributed by atoms with Crippen LogP contribution >= 0.6 is 0 Å². The van der Waals surface area contributed by atoms with Gasteiger partial charge in [0.1, 0.15) is 0 Å². The SMILES string of the molecule is COC(=O)/C(C)=C/C12CC3(C)CC(C#N)(C1)CC(CO)(C3)C2. The Hall–Kier alpha value is -1.34. The highest BCUT2D eigenvalue weighted by molar-refractivity contribution is 5.87. The minimum absolute atomic E-state index is 0.0834. The molecule has 4 bridgehead atoms. The van der Waals surface area contributed by atoms with Gasteiger partial charge < -0.3 is 9.84 Å². The summed E-state index contributed by atoms with van der Waals surface area (Å²) < 4.78 is 4.83. The first-order valence-electron chi connectivity index (χ1n) is 8.03. The van der Waals surface area contributed by atoms with Crippen LogP contribution < -0.4 is 0 Å². The van der Waals surface area contributed by atoms with Crippen molar-refractivity contribution in [1.82, 2.24) is 0 Å². The van der Waals surface area contributed by atoms with E-state index >= 15 is 0 Å². The topological polar surface area (TPSA) is 70.3 Å². The Morgan fingerprint density at radius 3 is 2.59 bits per heavy atom. The highest BCUT2D eigenvalue weighted by atomic mass is 16.5. The summed E-state index contributed by atoms with van der Waals surface area (Å²) in [6.07, 6.45) is 7.45. The monoisotopic (exact) mass is 303 g/mol. The second-order valence-electron chi connectivity index (χ2n) is 8.60. The molecule has 4 saturated carbocycles. The standard InChI is InChI=1S/C18H25NO3/c1-13(14(21)22-3)4-16-5-15(2)6-17(8-16,11-19)10-18(7-15,9-16)12-20/h4,20H,5-10,12H2,1-3H3/b13-4+. The van der Waals surface area contributed by atoms with Gasteiger partial charge in [0, 0.05) is 12.2 Å². The van der Waals surface area contributed by atoms with Gasteiger partial charge in [-0.3, -0.25) is 0 Å². The number of nitrogens with zero attached hydrogens (tertiary/aromatic N) is 1. The number of allylic oxidation sites excluding steroid dienone is 1. The number of ether oxygens (including phenoxy) is 1. The van der Waals surface area contributed by atoms with E-state index in [-0.39, 0.29) is 34.2 Å². The van der Waals surface area contributed by atoms with Crippen molar-refractivity contribution < 1.29 is 14.6 Å². The lowest BCUT2D eigenvalue weighted by molar-refractivity contribution is -0.173. The Labute approximate surface area is 132 Å². The molecule has 0 aromatic rings. The molecule has 0 saturated heterocycles. The molecule has 4 aliphatic rings. The molecule has 0 aliphatic heterocycles. The summed E-state index contributed by atoms with van der Waals surface area (Å²) in [5.74, 6) is -0.301. The predicted molar refractivity (Wildman–Crippen MR) is 81.6 cm³/mol. The number of aliphatic hydroxyl groups excluding tert-OH is 1. The fraction of sp³-hybridized carbons (Fsp3) is 0.778. The number of aliphatic hydroxyl groups is 1. The van der Waals surface area contributed by atoms with Crippen LogP contribution in [0.4, 0.5) is 0 Å².